The lowest BCUT2D eigenvalue weighted by atomic mass is 9.88. The van der Waals surface area contributed by atoms with Crippen molar-refractivity contribution < 1.29 is 5.11 Å². The van der Waals surface area contributed by atoms with Crippen LogP contribution in [0.4, 0.5) is 0 Å². The minimum atomic E-state index is -0.678. The van der Waals surface area contributed by atoms with Gasteiger partial charge in [0.2, 0.25) is 0 Å². The van der Waals surface area contributed by atoms with Crippen molar-refractivity contribution in [2.45, 2.75) is 31.8 Å². The Hall–Kier alpha value is -1.60. The van der Waals surface area contributed by atoms with Crippen LogP contribution in [-0.4, -0.2) is 5.11 Å². The third-order valence-electron chi connectivity index (χ3n) is 3.91. The van der Waals surface area contributed by atoms with E-state index in [-0.39, 0.29) is 0 Å². The molecule has 1 atom stereocenters. The van der Waals surface area contributed by atoms with E-state index in [1.807, 2.05) is 18.2 Å². The molecular weight excluding hydrogens is 220 g/mol. The molecule has 18 heavy (non-hydrogen) atoms. The molecule has 0 aromatic heterocycles. The highest BCUT2D eigenvalue weighted by Gasteiger charge is 2.36. The van der Waals surface area contributed by atoms with Crippen LogP contribution in [-0.2, 0) is 18.4 Å². The van der Waals surface area contributed by atoms with Gasteiger partial charge >= 0.3 is 0 Å². The van der Waals surface area contributed by atoms with Gasteiger partial charge in [-0.1, -0.05) is 54.1 Å². The Balaban J connectivity index is 1.96. The molecule has 1 aliphatic carbocycles. The Morgan fingerprint density at radius 3 is 2.67 bits per heavy atom. The van der Waals surface area contributed by atoms with Crippen molar-refractivity contribution in [2.24, 2.45) is 0 Å². The topological polar surface area (TPSA) is 20.2 Å². The second kappa shape index (κ2) is 4.25. The zero-order valence-corrected chi connectivity index (χ0v) is 10.7. The molecule has 92 valence electrons. The maximum absolute atomic E-state index is 10.9. The second-order valence-electron chi connectivity index (χ2n) is 5.35. The summed E-state index contributed by atoms with van der Waals surface area (Å²) in [5, 5.41) is 10.9. The third kappa shape index (κ3) is 1.95. The number of rotatable bonds is 2. The van der Waals surface area contributed by atoms with E-state index in [1.54, 1.807) is 0 Å². The second-order valence-corrected chi connectivity index (χ2v) is 5.35. The lowest BCUT2D eigenvalue weighted by molar-refractivity contribution is 0.0389. The highest BCUT2D eigenvalue weighted by Crippen LogP contribution is 2.39. The van der Waals surface area contributed by atoms with Gasteiger partial charge in [0.05, 0.1) is 5.60 Å². The predicted octanol–water partition coefficient (Wildman–Crippen LogP) is 3.37. The fourth-order valence-electron chi connectivity index (χ4n) is 2.93. The molecule has 1 N–H and O–H groups in total. The molecule has 0 saturated carbocycles. The Bertz CT molecular complexity index is 559. The molecule has 0 spiro atoms. The third-order valence-corrected chi connectivity index (χ3v) is 3.91. The van der Waals surface area contributed by atoms with E-state index in [1.165, 1.54) is 16.7 Å². The van der Waals surface area contributed by atoms with Crippen LogP contribution in [0.5, 0.6) is 0 Å². The average Bonchev–Trinajstić information content (AvgIpc) is 2.68. The Kier molecular flexibility index (Phi) is 2.71. The zero-order valence-electron chi connectivity index (χ0n) is 10.7. The first-order valence-electron chi connectivity index (χ1n) is 6.54. The smallest absolute Gasteiger partial charge is 0.0942 e. The van der Waals surface area contributed by atoms with Crippen molar-refractivity contribution in [1.29, 1.82) is 0 Å². The van der Waals surface area contributed by atoms with Gasteiger partial charge < -0.3 is 5.11 Å². The Morgan fingerprint density at radius 2 is 1.89 bits per heavy atom. The number of fused-ring (bicyclic) bond motifs is 1. The largest absolute Gasteiger partial charge is 0.385 e. The summed E-state index contributed by atoms with van der Waals surface area (Å²) < 4.78 is 0. The monoisotopic (exact) mass is 238 g/mol. The van der Waals surface area contributed by atoms with Crippen LogP contribution in [0.3, 0.4) is 0 Å². The Morgan fingerprint density at radius 1 is 1.11 bits per heavy atom. The molecule has 2 aromatic carbocycles. The highest BCUT2D eigenvalue weighted by atomic mass is 16.3. The highest BCUT2D eigenvalue weighted by molar-refractivity contribution is 5.41. The van der Waals surface area contributed by atoms with Crippen molar-refractivity contribution >= 4 is 0 Å². The van der Waals surface area contributed by atoms with E-state index >= 15 is 0 Å². The molecule has 1 unspecified atom stereocenters. The fourth-order valence-corrected chi connectivity index (χ4v) is 2.93. The number of hydrogen-bond acceptors (Lipinski definition) is 1. The molecule has 0 aliphatic heterocycles. The fraction of sp³-hybridized carbons (Fsp3) is 0.294. The summed E-state index contributed by atoms with van der Waals surface area (Å²) in [6.07, 6.45) is 2.53. The molecule has 0 radical (unpaired) electrons. The van der Waals surface area contributed by atoms with Gasteiger partial charge in [-0.25, -0.2) is 0 Å². The summed E-state index contributed by atoms with van der Waals surface area (Å²) in [5.41, 5.74) is 4.18. The summed E-state index contributed by atoms with van der Waals surface area (Å²) in [7, 11) is 0. The molecule has 0 bridgehead atoms. The quantitative estimate of drug-likeness (QED) is 0.850. The summed E-state index contributed by atoms with van der Waals surface area (Å²) >= 11 is 0. The van der Waals surface area contributed by atoms with E-state index in [0.717, 1.165) is 18.4 Å². The zero-order chi connectivity index (χ0) is 12.6. The van der Waals surface area contributed by atoms with Crippen LogP contribution < -0.4 is 0 Å². The molecular formula is C17H18O. The van der Waals surface area contributed by atoms with Gasteiger partial charge in [0.25, 0.3) is 0 Å². The predicted molar refractivity (Wildman–Crippen MR) is 73.5 cm³/mol. The van der Waals surface area contributed by atoms with Crippen LogP contribution in [0.1, 0.15) is 28.7 Å². The first-order valence-corrected chi connectivity index (χ1v) is 6.54. The van der Waals surface area contributed by atoms with Crippen molar-refractivity contribution in [2.75, 3.05) is 0 Å². The SMILES string of the molecule is Cc1ccc2c(c1)C(O)(Cc1ccccc1)CC2. The van der Waals surface area contributed by atoms with Crippen molar-refractivity contribution in [1.82, 2.24) is 0 Å². The van der Waals surface area contributed by atoms with E-state index in [9.17, 15) is 5.11 Å². The van der Waals surface area contributed by atoms with Crippen LogP contribution >= 0.6 is 0 Å². The first-order chi connectivity index (χ1) is 8.67. The van der Waals surface area contributed by atoms with Crippen LogP contribution in [0.25, 0.3) is 0 Å². The van der Waals surface area contributed by atoms with Gasteiger partial charge in [-0.2, -0.15) is 0 Å². The number of hydrogen-bond donors (Lipinski definition) is 1. The van der Waals surface area contributed by atoms with Crippen LogP contribution in [0.2, 0.25) is 0 Å². The van der Waals surface area contributed by atoms with Gasteiger partial charge in [-0.15, -0.1) is 0 Å². The summed E-state index contributed by atoms with van der Waals surface area (Å²) in [4.78, 5) is 0. The number of aliphatic hydroxyl groups is 1. The Labute approximate surface area is 108 Å². The molecule has 0 fully saturated rings. The number of aryl methyl sites for hydroxylation is 2. The van der Waals surface area contributed by atoms with E-state index < -0.39 is 5.60 Å². The first kappa shape index (κ1) is 11.5. The summed E-state index contributed by atoms with van der Waals surface area (Å²) in [6, 6.07) is 16.7. The van der Waals surface area contributed by atoms with Gasteiger partial charge in [0, 0.05) is 6.42 Å². The van der Waals surface area contributed by atoms with Crippen LogP contribution in [0.15, 0.2) is 48.5 Å². The van der Waals surface area contributed by atoms with Crippen molar-refractivity contribution in [3.8, 4) is 0 Å². The number of benzene rings is 2. The van der Waals surface area contributed by atoms with Gasteiger partial charge in [0.1, 0.15) is 0 Å². The molecule has 3 rings (SSSR count). The van der Waals surface area contributed by atoms with Gasteiger partial charge in [-0.05, 0) is 36.5 Å². The van der Waals surface area contributed by atoms with E-state index in [2.05, 4.69) is 37.3 Å². The van der Waals surface area contributed by atoms with Crippen LogP contribution in [0, 0.1) is 6.92 Å². The van der Waals surface area contributed by atoms with E-state index in [4.69, 9.17) is 0 Å². The molecule has 1 heteroatoms. The minimum absolute atomic E-state index is 0.678. The van der Waals surface area contributed by atoms with Crippen molar-refractivity contribution in [3.63, 3.8) is 0 Å². The molecule has 0 heterocycles. The molecule has 1 nitrogen and oxygen atoms in total. The molecule has 1 aliphatic rings. The maximum Gasteiger partial charge on any atom is 0.0942 e. The summed E-state index contributed by atoms with van der Waals surface area (Å²) in [6.45, 7) is 2.08. The molecule has 0 amide bonds. The normalized spacial score (nSPS) is 21.9. The molecule has 2 aromatic rings. The average molecular weight is 238 g/mol. The molecule has 0 saturated heterocycles. The van der Waals surface area contributed by atoms with E-state index in [0.29, 0.717) is 6.42 Å². The van der Waals surface area contributed by atoms with Crippen molar-refractivity contribution in [3.05, 3.63) is 70.8 Å². The lowest BCUT2D eigenvalue weighted by Crippen LogP contribution is -2.25. The maximum atomic E-state index is 10.9. The summed E-state index contributed by atoms with van der Waals surface area (Å²) in [5.74, 6) is 0. The standard InChI is InChI=1S/C17H18O/c1-13-7-8-15-9-10-17(18,16(15)11-13)12-14-5-3-2-4-6-14/h2-8,11,18H,9-10,12H2,1H3. The lowest BCUT2D eigenvalue weighted by Gasteiger charge is -2.24. The van der Waals surface area contributed by atoms with Gasteiger partial charge in [-0.3, -0.25) is 0 Å². The van der Waals surface area contributed by atoms with Gasteiger partial charge in [0.15, 0.2) is 0 Å². The minimum Gasteiger partial charge on any atom is -0.385 e.